The molecule has 0 atom stereocenters. The summed E-state index contributed by atoms with van der Waals surface area (Å²) in [6.07, 6.45) is 3.31. The van der Waals surface area contributed by atoms with Crippen molar-refractivity contribution in [1.29, 1.82) is 0 Å². The second-order valence-corrected chi connectivity index (χ2v) is 2.83. The van der Waals surface area contributed by atoms with Gasteiger partial charge in [0.2, 0.25) is 11.8 Å². The predicted octanol–water partition coefficient (Wildman–Crippen LogP) is -0.960. The van der Waals surface area contributed by atoms with Gasteiger partial charge in [-0.15, -0.1) is 5.10 Å². The van der Waals surface area contributed by atoms with Gasteiger partial charge in [0.15, 0.2) is 0 Å². The van der Waals surface area contributed by atoms with E-state index in [1.807, 2.05) is 0 Å². The fourth-order valence-electron chi connectivity index (χ4n) is 1.02. The lowest BCUT2D eigenvalue weighted by Gasteiger charge is -1.98. The van der Waals surface area contributed by atoms with Crippen molar-refractivity contribution >= 4 is 11.9 Å². The van der Waals surface area contributed by atoms with Crippen molar-refractivity contribution in [2.45, 2.75) is 6.54 Å². The Labute approximate surface area is 84.3 Å². The zero-order valence-corrected chi connectivity index (χ0v) is 7.69. The average Bonchev–Trinajstić information content (AvgIpc) is 2.84. The van der Waals surface area contributed by atoms with E-state index in [9.17, 15) is 4.79 Å². The highest BCUT2D eigenvalue weighted by molar-refractivity contribution is 5.90. The lowest BCUT2D eigenvalue weighted by Crippen LogP contribution is -2.23. The molecule has 0 aliphatic heterocycles. The number of carbonyl (C=O) groups excluding carboxylic acids is 1. The highest BCUT2D eigenvalue weighted by Gasteiger charge is 2.09. The monoisotopic (exact) mass is 207 g/mol. The third-order valence-electron chi connectivity index (χ3n) is 1.73. The number of nitrogens with one attached hydrogen (secondary N) is 3. The lowest BCUT2D eigenvalue weighted by molar-refractivity contribution is 0.0941. The van der Waals surface area contributed by atoms with Gasteiger partial charge in [-0.25, -0.2) is 0 Å². The second kappa shape index (κ2) is 3.78. The number of nitrogens with zero attached hydrogens (tertiary/aromatic N) is 3. The zero-order chi connectivity index (χ0) is 10.7. The predicted molar refractivity (Wildman–Crippen MR) is 50.6 cm³/mol. The van der Waals surface area contributed by atoms with Crippen molar-refractivity contribution in [2.24, 2.45) is 0 Å². The van der Waals surface area contributed by atoms with Gasteiger partial charge in [-0.1, -0.05) is 0 Å². The van der Waals surface area contributed by atoms with Crippen LogP contribution in [0.2, 0.25) is 0 Å². The molecule has 0 aliphatic rings. The molecule has 0 saturated carbocycles. The van der Waals surface area contributed by atoms with Crippen molar-refractivity contribution in [3.8, 4) is 0 Å². The Kier molecular flexibility index (Phi) is 2.31. The number of aromatic nitrogens is 5. The molecule has 8 nitrogen and oxygen atoms in total. The average molecular weight is 207 g/mol. The largest absolute Gasteiger partial charge is 0.366 e. The van der Waals surface area contributed by atoms with Crippen LogP contribution >= 0.6 is 0 Å². The Morgan fingerprint density at radius 2 is 2.47 bits per heavy atom. The summed E-state index contributed by atoms with van der Waals surface area (Å²) >= 11 is 0. The first-order valence-electron chi connectivity index (χ1n) is 4.19. The van der Waals surface area contributed by atoms with E-state index in [2.05, 4.69) is 30.7 Å². The van der Waals surface area contributed by atoms with E-state index in [0.29, 0.717) is 6.54 Å². The van der Waals surface area contributed by atoms with Crippen LogP contribution in [0.4, 0.5) is 5.95 Å². The molecule has 78 valence electrons. The Morgan fingerprint density at radius 1 is 1.60 bits per heavy atom. The summed E-state index contributed by atoms with van der Waals surface area (Å²) in [4.78, 5) is 15.1. The molecule has 8 heteroatoms. The van der Waals surface area contributed by atoms with Gasteiger partial charge in [-0.05, 0) is 0 Å². The smallest absolute Gasteiger partial charge is 0.288 e. The van der Waals surface area contributed by atoms with Crippen LogP contribution in [0.3, 0.4) is 0 Å². The van der Waals surface area contributed by atoms with Gasteiger partial charge in [-0.3, -0.25) is 15.0 Å². The van der Waals surface area contributed by atoms with Crippen LogP contribution in [0.15, 0.2) is 12.4 Å². The van der Waals surface area contributed by atoms with Gasteiger partial charge in [-0.2, -0.15) is 10.1 Å². The summed E-state index contributed by atoms with van der Waals surface area (Å²) < 4.78 is 0. The quantitative estimate of drug-likeness (QED) is 0.515. The third-order valence-corrected chi connectivity index (χ3v) is 1.73. The molecule has 0 saturated heterocycles. The van der Waals surface area contributed by atoms with Crippen LogP contribution in [0.25, 0.3) is 0 Å². The maximum absolute atomic E-state index is 11.4. The summed E-state index contributed by atoms with van der Waals surface area (Å²) in [7, 11) is 0. The molecule has 0 spiro atoms. The fourth-order valence-corrected chi connectivity index (χ4v) is 1.02. The van der Waals surface area contributed by atoms with Crippen LogP contribution in [-0.2, 0) is 6.54 Å². The topological polar surface area (TPSA) is 125 Å². The number of hydrogen-bond donors (Lipinski definition) is 4. The molecule has 2 aromatic heterocycles. The Hall–Kier alpha value is -2.38. The molecule has 5 N–H and O–H groups in total. The van der Waals surface area contributed by atoms with E-state index in [4.69, 9.17) is 5.73 Å². The number of anilines is 1. The number of hydrogen-bond acceptors (Lipinski definition) is 5. The van der Waals surface area contributed by atoms with Crippen molar-refractivity contribution in [3.63, 3.8) is 0 Å². The van der Waals surface area contributed by atoms with Crippen LogP contribution < -0.4 is 11.1 Å². The number of nitrogen functional groups attached to an aromatic ring is 1. The summed E-state index contributed by atoms with van der Waals surface area (Å²) in [5.41, 5.74) is 6.13. The minimum Gasteiger partial charge on any atom is -0.366 e. The van der Waals surface area contributed by atoms with Crippen molar-refractivity contribution in [3.05, 3.63) is 23.8 Å². The number of nitrogens with two attached hydrogens (primary N) is 1. The van der Waals surface area contributed by atoms with E-state index < -0.39 is 0 Å². The third kappa shape index (κ3) is 2.10. The van der Waals surface area contributed by atoms with E-state index in [1.165, 1.54) is 0 Å². The molecule has 2 rings (SSSR count). The maximum atomic E-state index is 11.4. The molecule has 1 amide bonds. The molecule has 0 unspecified atom stereocenters. The van der Waals surface area contributed by atoms with Crippen LogP contribution in [0.5, 0.6) is 0 Å². The Balaban J connectivity index is 1.93. The van der Waals surface area contributed by atoms with Crippen molar-refractivity contribution < 1.29 is 4.79 Å². The number of carbonyl (C=O) groups is 1. The van der Waals surface area contributed by atoms with Gasteiger partial charge in [0.05, 0.1) is 6.20 Å². The number of H-pyrrole nitrogens is 2. The van der Waals surface area contributed by atoms with Crippen LogP contribution in [-0.4, -0.2) is 31.3 Å². The highest BCUT2D eigenvalue weighted by Crippen LogP contribution is 1.95. The number of rotatable bonds is 3. The zero-order valence-electron chi connectivity index (χ0n) is 7.69. The van der Waals surface area contributed by atoms with Gasteiger partial charge in [0.1, 0.15) is 0 Å². The molecule has 0 aromatic carbocycles. The number of aromatic amines is 2. The van der Waals surface area contributed by atoms with Gasteiger partial charge in [0, 0.05) is 18.3 Å². The van der Waals surface area contributed by atoms with E-state index in [1.54, 1.807) is 12.4 Å². The summed E-state index contributed by atoms with van der Waals surface area (Å²) in [5.74, 6) is -0.222. The maximum Gasteiger partial charge on any atom is 0.288 e. The lowest BCUT2D eigenvalue weighted by atomic mass is 10.3. The van der Waals surface area contributed by atoms with Crippen LogP contribution in [0, 0.1) is 0 Å². The fraction of sp³-hybridized carbons (Fsp3) is 0.143. The summed E-state index contributed by atoms with van der Waals surface area (Å²) in [6.45, 7) is 0.371. The molecule has 0 aliphatic carbocycles. The molecule has 0 fully saturated rings. The minimum atomic E-state index is -0.361. The molecule has 0 bridgehead atoms. The molecule has 2 aromatic rings. The standard InChI is InChI=1S/C7H9N7O/c8-7-12-5(13-14-7)6(15)9-1-4-2-10-11-3-4/h2-3H,1H2,(H,9,15)(H,10,11)(H3,8,12,13,14). The molecule has 0 radical (unpaired) electrons. The van der Waals surface area contributed by atoms with Gasteiger partial charge < -0.3 is 11.1 Å². The Morgan fingerprint density at radius 3 is 3.07 bits per heavy atom. The van der Waals surface area contributed by atoms with Crippen molar-refractivity contribution in [1.82, 2.24) is 30.7 Å². The SMILES string of the molecule is Nc1n[nH]c(C(=O)NCc2cn[nH]c2)n1. The van der Waals surface area contributed by atoms with E-state index >= 15 is 0 Å². The first-order chi connectivity index (χ1) is 7.25. The molecular weight excluding hydrogens is 198 g/mol. The molecule has 2 heterocycles. The summed E-state index contributed by atoms with van der Waals surface area (Å²) in [6, 6.07) is 0. The van der Waals surface area contributed by atoms with Gasteiger partial charge >= 0.3 is 0 Å². The molecule has 15 heavy (non-hydrogen) atoms. The number of amides is 1. The first-order valence-corrected chi connectivity index (χ1v) is 4.19. The van der Waals surface area contributed by atoms with E-state index in [0.717, 1.165) is 5.56 Å². The normalized spacial score (nSPS) is 10.1. The second-order valence-electron chi connectivity index (χ2n) is 2.83. The molecular formula is C7H9N7O. The minimum absolute atomic E-state index is 0.0449. The highest BCUT2D eigenvalue weighted by atomic mass is 16.2. The van der Waals surface area contributed by atoms with Gasteiger partial charge in [0.25, 0.3) is 5.91 Å². The first kappa shape index (κ1) is 9.19. The summed E-state index contributed by atoms with van der Waals surface area (Å²) in [5, 5.41) is 15.0. The Bertz CT molecular complexity index is 446. The van der Waals surface area contributed by atoms with E-state index in [-0.39, 0.29) is 17.7 Å². The van der Waals surface area contributed by atoms with Crippen molar-refractivity contribution in [2.75, 3.05) is 5.73 Å². The van der Waals surface area contributed by atoms with Crippen LogP contribution in [0.1, 0.15) is 16.2 Å².